The topological polar surface area (TPSA) is 78.9 Å². The summed E-state index contributed by atoms with van der Waals surface area (Å²) in [6.07, 6.45) is 83.3. The van der Waals surface area contributed by atoms with E-state index < -0.39 is 6.10 Å². The SMILES string of the molecule is CCCCCC/C=C\C/C=C\CCCCCCCCCC(=O)OC(COC(=O)CCCCCCCC)COC(=O)CCCCCCCCCCCCCCCCCCCCCCCCC/C=C\C/C=C\CCCCCCC. The van der Waals surface area contributed by atoms with Gasteiger partial charge < -0.3 is 14.2 Å². The lowest BCUT2D eigenvalue weighted by atomic mass is 10.0. The van der Waals surface area contributed by atoms with Gasteiger partial charge in [-0.05, 0) is 83.5 Å². The second-order valence-electron chi connectivity index (χ2n) is 23.1. The summed E-state index contributed by atoms with van der Waals surface area (Å²) >= 11 is 0. The molecular weight excluding hydrogens is 949 g/mol. The second kappa shape index (κ2) is 65.9. The molecule has 0 heterocycles. The molecule has 1 atom stereocenters. The summed E-state index contributed by atoms with van der Waals surface area (Å²) in [5, 5.41) is 0. The van der Waals surface area contributed by atoms with Gasteiger partial charge in [0.1, 0.15) is 13.2 Å². The molecule has 77 heavy (non-hydrogen) atoms. The van der Waals surface area contributed by atoms with Gasteiger partial charge in [-0.1, -0.05) is 313 Å². The maximum absolute atomic E-state index is 12.8. The normalized spacial score (nSPS) is 12.3. The summed E-state index contributed by atoms with van der Waals surface area (Å²) in [5.41, 5.74) is 0. The summed E-state index contributed by atoms with van der Waals surface area (Å²) in [7, 11) is 0. The molecule has 0 aromatic rings. The minimum absolute atomic E-state index is 0.0720. The summed E-state index contributed by atoms with van der Waals surface area (Å²) < 4.78 is 16.8. The van der Waals surface area contributed by atoms with E-state index in [1.54, 1.807) is 0 Å². The molecule has 0 amide bonds. The molecule has 0 rings (SSSR count). The van der Waals surface area contributed by atoms with Gasteiger partial charge in [0.25, 0.3) is 0 Å². The van der Waals surface area contributed by atoms with Crippen LogP contribution in [0.3, 0.4) is 0 Å². The van der Waals surface area contributed by atoms with E-state index in [1.165, 1.54) is 250 Å². The van der Waals surface area contributed by atoms with Crippen LogP contribution in [0, 0.1) is 0 Å². The Morgan fingerprint density at radius 1 is 0.260 bits per heavy atom. The smallest absolute Gasteiger partial charge is 0.306 e. The van der Waals surface area contributed by atoms with Crippen molar-refractivity contribution >= 4 is 17.9 Å². The Morgan fingerprint density at radius 2 is 0.468 bits per heavy atom. The molecule has 0 fully saturated rings. The zero-order valence-electron chi connectivity index (χ0n) is 51.7. The quantitative estimate of drug-likeness (QED) is 0.0261. The Labute approximate surface area is 479 Å². The van der Waals surface area contributed by atoms with Crippen molar-refractivity contribution in [1.29, 1.82) is 0 Å². The summed E-state index contributed by atoms with van der Waals surface area (Å²) in [6.45, 7) is 6.59. The van der Waals surface area contributed by atoms with E-state index in [0.717, 1.165) is 77.0 Å². The molecule has 0 aliphatic rings. The van der Waals surface area contributed by atoms with E-state index in [4.69, 9.17) is 14.2 Å². The minimum atomic E-state index is -0.772. The van der Waals surface area contributed by atoms with Crippen LogP contribution in [0.15, 0.2) is 48.6 Å². The molecule has 0 aromatic carbocycles. The molecule has 6 nitrogen and oxygen atoms in total. The molecule has 0 aromatic heterocycles. The van der Waals surface area contributed by atoms with Crippen molar-refractivity contribution in [2.75, 3.05) is 13.2 Å². The van der Waals surface area contributed by atoms with E-state index in [2.05, 4.69) is 69.4 Å². The number of carbonyl (C=O) groups excluding carboxylic acids is 3. The summed E-state index contributed by atoms with van der Waals surface area (Å²) in [4.78, 5) is 38.0. The molecule has 0 radical (unpaired) electrons. The Morgan fingerprint density at radius 3 is 0.727 bits per heavy atom. The first-order valence-electron chi connectivity index (χ1n) is 34.1. The maximum Gasteiger partial charge on any atom is 0.306 e. The molecule has 1 unspecified atom stereocenters. The van der Waals surface area contributed by atoms with E-state index in [1.807, 2.05) is 0 Å². The van der Waals surface area contributed by atoms with E-state index in [-0.39, 0.29) is 31.1 Å². The average Bonchev–Trinajstić information content (AvgIpc) is 3.43. The van der Waals surface area contributed by atoms with Crippen molar-refractivity contribution in [1.82, 2.24) is 0 Å². The van der Waals surface area contributed by atoms with Crippen molar-refractivity contribution < 1.29 is 28.6 Å². The van der Waals surface area contributed by atoms with Crippen LogP contribution >= 0.6 is 0 Å². The van der Waals surface area contributed by atoms with Crippen molar-refractivity contribution in [3.63, 3.8) is 0 Å². The highest BCUT2D eigenvalue weighted by molar-refractivity contribution is 5.71. The van der Waals surface area contributed by atoms with E-state index in [0.29, 0.717) is 19.3 Å². The number of hydrogen-bond donors (Lipinski definition) is 0. The molecule has 0 aliphatic heterocycles. The number of hydrogen-bond acceptors (Lipinski definition) is 6. The highest BCUT2D eigenvalue weighted by Gasteiger charge is 2.19. The lowest BCUT2D eigenvalue weighted by molar-refractivity contribution is -0.167. The van der Waals surface area contributed by atoms with Crippen LogP contribution in [0.25, 0.3) is 0 Å². The highest BCUT2D eigenvalue weighted by atomic mass is 16.6. The van der Waals surface area contributed by atoms with Crippen molar-refractivity contribution in [2.45, 2.75) is 374 Å². The fourth-order valence-corrected chi connectivity index (χ4v) is 10.2. The molecule has 0 aliphatic carbocycles. The van der Waals surface area contributed by atoms with Crippen LogP contribution in [0.5, 0.6) is 0 Å². The first-order valence-corrected chi connectivity index (χ1v) is 34.1. The van der Waals surface area contributed by atoms with Gasteiger partial charge >= 0.3 is 17.9 Å². The standard InChI is InChI=1S/C71H130O6/c1-4-7-10-13-16-18-20-22-24-26-28-29-30-31-32-33-34-35-36-37-38-39-40-41-42-43-44-46-47-49-51-53-55-58-61-64-70(73)76-67-68(66-75-69(72)63-60-57-15-12-9-6-3)77-71(74)65-62-59-56-54-52-50-48-45-27-25-23-21-19-17-14-11-8-5-2/h19-22,25-28,68H,4-18,23-24,29-67H2,1-3H3/b21-19-,22-20-,27-25-,28-26-. The lowest BCUT2D eigenvalue weighted by Crippen LogP contribution is -2.30. The molecule has 0 bridgehead atoms. The minimum Gasteiger partial charge on any atom is -0.462 e. The van der Waals surface area contributed by atoms with Gasteiger partial charge in [0, 0.05) is 19.3 Å². The van der Waals surface area contributed by atoms with Crippen LogP contribution < -0.4 is 0 Å². The predicted molar refractivity (Wildman–Crippen MR) is 335 cm³/mol. The Hall–Kier alpha value is -2.63. The summed E-state index contributed by atoms with van der Waals surface area (Å²) in [6, 6.07) is 0. The van der Waals surface area contributed by atoms with E-state index >= 15 is 0 Å². The monoisotopic (exact) mass is 1080 g/mol. The van der Waals surface area contributed by atoms with Crippen LogP contribution in [-0.2, 0) is 28.6 Å². The first-order chi connectivity index (χ1) is 38.0. The fourth-order valence-electron chi connectivity index (χ4n) is 10.2. The number of allylic oxidation sites excluding steroid dienone is 8. The predicted octanol–water partition coefficient (Wildman–Crippen LogP) is 23.3. The summed E-state index contributed by atoms with van der Waals surface area (Å²) in [5.74, 6) is -0.870. The molecule has 6 heteroatoms. The Bertz CT molecular complexity index is 1330. The first kappa shape index (κ1) is 74.4. The van der Waals surface area contributed by atoms with Gasteiger partial charge in [-0.2, -0.15) is 0 Å². The largest absolute Gasteiger partial charge is 0.462 e. The van der Waals surface area contributed by atoms with Crippen molar-refractivity contribution in [3.05, 3.63) is 48.6 Å². The highest BCUT2D eigenvalue weighted by Crippen LogP contribution is 2.18. The number of unbranched alkanes of at least 4 members (excludes halogenated alkanes) is 44. The van der Waals surface area contributed by atoms with Crippen molar-refractivity contribution in [2.24, 2.45) is 0 Å². The van der Waals surface area contributed by atoms with Gasteiger partial charge in [0.15, 0.2) is 6.10 Å². The molecule has 0 N–H and O–H groups in total. The Balaban J connectivity index is 3.91. The number of rotatable bonds is 63. The van der Waals surface area contributed by atoms with Gasteiger partial charge in [-0.3, -0.25) is 14.4 Å². The third kappa shape index (κ3) is 64.1. The molecule has 450 valence electrons. The third-order valence-electron chi connectivity index (χ3n) is 15.3. The number of ether oxygens (including phenoxy) is 3. The molecular formula is C71H130O6. The van der Waals surface area contributed by atoms with Gasteiger partial charge in [0.05, 0.1) is 0 Å². The lowest BCUT2D eigenvalue weighted by Gasteiger charge is -2.18. The van der Waals surface area contributed by atoms with Gasteiger partial charge in [-0.25, -0.2) is 0 Å². The Kier molecular flexibility index (Phi) is 63.6. The zero-order chi connectivity index (χ0) is 55.7. The van der Waals surface area contributed by atoms with Crippen LogP contribution in [-0.4, -0.2) is 37.2 Å². The molecule has 0 saturated carbocycles. The fraction of sp³-hybridized carbons (Fsp3) is 0.845. The van der Waals surface area contributed by atoms with Gasteiger partial charge in [-0.15, -0.1) is 0 Å². The van der Waals surface area contributed by atoms with Crippen LogP contribution in [0.1, 0.15) is 367 Å². The number of carbonyl (C=O) groups is 3. The molecule has 0 spiro atoms. The van der Waals surface area contributed by atoms with E-state index in [9.17, 15) is 14.4 Å². The van der Waals surface area contributed by atoms with Gasteiger partial charge in [0.2, 0.25) is 0 Å². The van der Waals surface area contributed by atoms with Crippen LogP contribution in [0.4, 0.5) is 0 Å². The zero-order valence-corrected chi connectivity index (χ0v) is 51.7. The van der Waals surface area contributed by atoms with Crippen molar-refractivity contribution in [3.8, 4) is 0 Å². The second-order valence-corrected chi connectivity index (χ2v) is 23.1. The maximum atomic E-state index is 12.8. The third-order valence-corrected chi connectivity index (χ3v) is 15.3. The average molecular weight is 1080 g/mol. The van der Waals surface area contributed by atoms with Crippen LogP contribution in [0.2, 0.25) is 0 Å². The number of esters is 3. The molecule has 0 saturated heterocycles.